The molecule has 0 bridgehead atoms. The van der Waals surface area contributed by atoms with Crippen molar-refractivity contribution in [3.63, 3.8) is 0 Å². The van der Waals surface area contributed by atoms with E-state index in [9.17, 15) is 0 Å². The van der Waals surface area contributed by atoms with Crippen molar-refractivity contribution < 1.29 is 0 Å². The molecule has 0 aliphatic carbocycles. The molecule has 0 saturated carbocycles. The van der Waals surface area contributed by atoms with Crippen LogP contribution in [0.1, 0.15) is 47.0 Å². The third-order valence-corrected chi connectivity index (χ3v) is 1.80. The molecule has 0 unspecified atom stereocenters. The molecule has 2 N–H and O–H groups in total. The van der Waals surface area contributed by atoms with Gasteiger partial charge < -0.3 is 10.6 Å². The first-order chi connectivity index (χ1) is 6.06. The smallest absolute Gasteiger partial charge is 0.0359 e. The third kappa shape index (κ3) is 11.9. The molecule has 13 heavy (non-hydrogen) atoms. The summed E-state index contributed by atoms with van der Waals surface area (Å²) >= 11 is 0. The molecule has 2 nitrogen and oxygen atoms in total. The molecular formula is C11H25N2. The summed E-state index contributed by atoms with van der Waals surface area (Å²) in [4.78, 5) is 0. The Morgan fingerprint density at radius 3 is 2.38 bits per heavy atom. The summed E-state index contributed by atoms with van der Waals surface area (Å²) in [7, 11) is 0. The summed E-state index contributed by atoms with van der Waals surface area (Å²) in [6, 6.07) is 0. The molecule has 0 aromatic carbocycles. The van der Waals surface area contributed by atoms with Gasteiger partial charge in [-0.2, -0.15) is 0 Å². The fourth-order valence-corrected chi connectivity index (χ4v) is 1.01. The summed E-state index contributed by atoms with van der Waals surface area (Å²) in [5.74, 6) is 0. The van der Waals surface area contributed by atoms with Gasteiger partial charge in [-0.3, -0.25) is 0 Å². The van der Waals surface area contributed by atoms with E-state index in [-0.39, 0.29) is 5.54 Å². The molecule has 0 rings (SSSR count). The Hall–Kier alpha value is -0.0800. The van der Waals surface area contributed by atoms with E-state index in [1.54, 1.807) is 0 Å². The van der Waals surface area contributed by atoms with Crippen molar-refractivity contribution in [1.82, 2.24) is 10.6 Å². The van der Waals surface area contributed by atoms with Crippen molar-refractivity contribution in [1.29, 1.82) is 0 Å². The molecule has 0 amide bonds. The highest BCUT2D eigenvalue weighted by atomic mass is 15.0. The Balaban J connectivity index is 3.00. The van der Waals surface area contributed by atoms with Gasteiger partial charge in [-0.25, -0.2) is 0 Å². The fourth-order valence-electron chi connectivity index (χ4n) is 1.01. The predicted octanol–water partition coefficient (Wildman–Crippen LogP) is 2.32. The monoisotopic (exact) mass is 185 g/mol. The molecule has 0 atom stereocenters. The number of rotatable bonds is 7. The molecule has 0 heterocycles. The van der Waals surface area contributed by atoms with Crippen LogP contribution >= 0.6 is 0 Å². The zero-order valence-electron chi connectivity index (χ0n) is 9.61. The van der Waals surface area contributed by atoms with Crippen molar-refractivity contribution in [2.24, 2.45) is 0 Å². The van der Waals surface area contributed by atoms with Gasteiger partial charge in [0.05, 0.1) is 0 Å². The minimum absolute atomic E-state index is 0.224. The van der Waals surface area contributed by atoms with Gasteiger partial charge in [0.15, 0.2) is 0 Å². The van der Waals surface area contributed by atoms with E-state index >= 15 is 0 Å². The molecule has 0 saturated heterocycles. The molecular weight excluding hydrogens is 160 g/mol. The second-order valence-corrected chi connectivity index (χ2v) is 4.50. The quantitative estimate of drug-likeness (QED) is 0.595. The average molecular weight is 185 g/mol. The van der Waals surface area contributed by atoms with E-state index in [0.29, 0.717) is 0 Å². The van der Waals surface area contributed by atoms with Gasteiger partial charge >= 0.3 is 0 Å². The number of nitrogens with one attached hydrogen (secondary N) is 2. The van der Waals surface area contributed by atoms with E-state index < -0.39 is 0 Å². The lowest BCUT2D eigenvalue weighted by Crippen LogP contribution is -2.38. The minimum atomic E-state index is 0.224. The third-order valence-electron chi connectivity index (χ3n) is 1.80. The normalized spacial score (nSPS) is 12.0. The van der Waals surface area contributed by atoms with E-state index in [0.717, 1.165) is 13.1 Å². The predicted molar refractivity (Wildman–Crippen MR) is 59.6 cm³/mol. The van der Waals surface area contributed by atoms with Crippen LogP contribution in [-0.4, -0.2) is 18.6 Å². The standard InChI is InChI=1S/C11H25N2/c1-5-6-7-8-12-9-10-13-11(2,3)4/h9,12-13H,5-8,10H2,1-4H3. The lowest BCUT2D eigenvalue weighted by molar-refractivity contribution is 0.436. The van der Waals surface area contributed by atoms with Crippen LogP contribution in [0.3, 0.4) is 0 Å². The molecule has 1 radical (unpaired) electrons. The molecule has 79 valence electrons. The average Bonchev–Trinajstić information content (AvgIpc) is 2.01. The number of unbranched alkanes of at least 4 members (excludes halogenated alkanes) is 2. The number of hydrogen-bond donors (Lipinski definition) is 2. The summed E-state index contributed by atoms with van der Waals surface area (Å²) in [5.41, 5.74) is 0.224. The van der Waals surface area contributed by atoms with Crippen LogP contribution in [0.2, 0.25) is 0 Å². The van der Waals surface area contributed by atoms with Crippen molar-refractivity contribution in [2.75, 3.05) is 13.1 Å². The van der Waals surface area contributed by atoms with Crippen LogP contribution < -0.4 is 10.6 Å². The molecule has 0 aromatic rings. The molecule has 0 aliphatic heterocycles. The minimum Gasteiger partial charge on any atom is -0.311 e. The van der Waals surface area contributed by atoms with E-state index in [4.69, 9.17) is 0 Å². The Labute approximate surface area is 83.5 Å². The van der Waals surface area contributed by atoms with E-state index in [1.807, 2.05) is 0 Å². The zero-order chi connectivity index (χ0) is 10.2. The van der Waals surface area contributed by atoms with Gasteiger partial charge in [-0.1, -0.05) is 19.8 Å². The summed E-state index contributed by atoms with van der Waals surface area (Å²) in [5, 5.41) is 6.70. The maximum Gasteiger partial charge on any atom is 0.0359 e. The summed E-state index contributed by atoms with van der Waals surface area (Å²) in [6.45, 7) is 12.9. The molecule has 2 heteroatoms. The lowest BCUT2D eigenvalue weighted by Gasteiger charge is -2.20. The van der Waals surface area contributed by atoms with Gasteiger partial charge in [-0.15, -0.1) is 0 Å². The zero-order valence-corrected chi connectivity index (χ0v) is 9.61. The SMILES string of the molecule is CCCCCN[CH]CNC(C)(C)C. The first kappa shape index (κ1) is 12.9. The van der Waals surface area contributed by atoms with E-state index in [2.05, 4.69) is 44.9 Å². The Bertz CT molecular complexity index is 105. The summed E-state index contributed by atoms with van der Waals surface area (Å²) in [6.07, 6.45) is 3.90. The van der Waals surface area contributed by atoms with Gasteiger partial charge in [-0.05, 0) is 33.7 Å². The Morgan fingerprint density at radius 1 is 1.15 bits per heavy atom. The van der Waals surface area contributed by atoms with Crippen molar-refractivity contribution in [3.05, 3.63) is 6.54 Å². The van der Waals surface area contributed by atoms with Crippen molar-refractivity contribution >= 4 is 0 Å². The molecule has 0 aromatic heterocycles. The first-order valence-corrected chi connectivity index (χ1v) is 5.36. The molecule has 0 aliphatic rings. The second kappa shape index (κ2) is 7.34. The highest BCUT2D eigenvalue weighted by Crippen LogP contribution is 1.97. The van der Waals surface area contributed by atoms with Crippen LogP contribution in [0.15, 0.2) is 0 Å². The largest absolute Gasteiger partial charge is 0.311 e. The van der Waals surface area contributed by atoms with Crippen LogP contribution in [0.5, 0.6) is 0 Å². The van der Waals surface area contributed by atoms with Gasteiger partial charge in [0, 0.05) is 18.6 Å². The van der Waals surface area contributed by atoms with Crippen LogP contribution in [0.4, 0.5) is 0 Å². The van der Waals surface area contributed by atoms with Crippen molar-refractivity contribution in [3.8, 4) is 0 Å². The van der Waals surface area contributed by atoms with Gasteiger partial charge in [0.2, 0.25) is 0 Å². The maximum absolute atomic E-state index is 3.39. The first-order valence-electron chi connectivity index (χ1n) is 5.36. The van der Waals surface area contributed by atoms with Gasteiger partial charge in [0.25, 0.3) is 0 Å². The molecule has 0 spiro atoms. The Kier molecular flexibility index (Phi) is 7.29. The van der Waals surface area contributed by atoms with Gasteiger partial charge in [0.1, 0.15) is 0 Å². The van der Waals surface area contributed by atoms with Crippen molar-refractivity contribution in [2.45, 2.75) is 52.5 Å². The maximum atomic E-state index is 3.39. The highest BCUT2D eigenvalue weighted by Gasteiger charge is 2.06. The fraction of sp³-hybridized carbons (Fsp3) is 0.909. The van der Waals surface area contributed by atoms with Crippen LogP contribution in [-0.2, 0) is 0 Å². The molecule has 0 fully saturated rings. The topological polar surface area (TPSA) is 24.1 Å². The second-order valence-electron chi connectivity index (χ2n) is 4.50. The van der Waals surface area contributed by atoms with Crippen LogP contribution in [0, 0.1) is 6.54 Å². The highest BCUT2D eigenvalue weighted by molar-refractivity contribution is 4.75. The summed E-state index contributed by atoms with van der Waals surface area (Å²) < 4.78 is 0. The van der Waals surface area contributed by atoms with E-state index in [1.165, 1.54) is 19.3 Å². The lowest BCUT2D eigenvalue weighted by atomic mass is 10.1. The Morgan fingerprint density at radius 2 is 1.85 bits per heavy atom. The van der Waals surface area contributed by atoms with Crippen LogP contribution in [0.25, 0.3) is 0 Å². The number of hydrogen-bond acceptors (Lipinski definition) is 2.